The van der Waals surface area contributed by atoms with Gasteiger partial charge in [0.1, 0.15) is 11.5 Å². The van der Waals surface area contributed by atoms with E-state index in [1.807, 2.05) is 60.0 Å². The van der Waals surface area contributed by atoms with Gasteiger partial charge in [-0.1, -0.05) is 23.4 Å². The zero-order chi connectivity index (χ0) is 23.2. The van der Waals surface area contributed by atoms with Crippen LogP contribution in [0.4, 0.5) is 0 Å². The molecule has 168 valence electrons. The maximum Gasteiger partial charge on any atom is 0.196 e. The number of methoxy groups -OCH3 is 1. The third-order valence-corrected chi connectivity index (χ3v) is 6.07. The molecule has 0 aliphatic heterocycles. The number of aromatic nitrogens is 3. The largest absolute Gasteiger partial charge is 0.497 e. The summed E-state index contributed by atoms with van der Waals surface area (Å²) >= 11 is 7.43. The first-order chi connectivity index (χ1) is 16.1. The Morgan fingerprint density at radius 1 is 0.939 bits per heavy atom. The van der Waals surface area contributed by atoms with Gasteiger partial charge in [0.15, 0.2) is 16.8 Å². The minimum atomic E-state index is -0.000276. The predicted octanol–water partition coefficient (Wildman–Crippen LogP) is 5.97. The highest BCUT2D eigenvalue weighted by Crippen LogP contribution is 2.30. The Morgan fingerprint density at radius 3 is 2.24 bits per heavy atom. The number of ketones is 1. The van der Waals surface area contributed by atoms with Crippen LogP contribution in [0.3, 0.4) is 0 Å². The van der Waals surface area contributed by atoms with E-state index in [2.05, 4.69) is 10.2 Å². The molecule has 0 unspecified atom stereocenters. The first-order valence-corrected chi connectivity index (χ1v) is 11.7. The van der Waals surface area contributed by atoms with Crippen molar-refractivity contribution in [2.24, 2.45) is 0 Å². The van der Waals surface area contributed by atoms with Crippen LogP contribution in [-0.2, 0) is 0 Å². The van der Waals surface area contributed by atoms with Crippen molar-refractivity contribution < 1.29 is 14.3 Å². The van der Waals surface area contributed by atoms with Crippen molar-refractivity contribution in [3.05, 3.63) is 83.4 Å². The molecule has 1 heterocycles. The Kier molecular flexibility index (Phi) is 7.32. The summed E-state index contributed by atoms with van der Waals surface area (Å²) in [5.41, 5.74) is 2.35. The van der Waals surface area contributed by atoms with Crippen molar-refractivity contribution in [3.63, 3.8) is 0 Å². The Bertz CT molecular complexity index is 1220. The topological polar surface area (TPSA) is 66.2 Å². The molecule has 3 aromatic carbocycles. The van der Waals surface area contributed by atoms with Crippen molar-refractivity contribution >= 4 is 29.1 Å². The molecule has 6 nitrogen and oxygen atoms in total. The number of Topliss-reactive ketones (excluding diaryl/α,β-unsaturated/α-hetero) is 1. The van der Waals surface area contributed by atoms with Crippen LogP contribution in [-0.4, -0.2) is 40.0 Å². The second-order valence-electron chi connectivity index (χ2n) is 7.02. The van der Waals surface area contributed by atoms with Gasteiger partial charge in [0, 0.05) is 21.8 Å². The highest BCUT2D eigenvalue weighted by Gasteiger charge is 2.18. The molecular weight excluding hydrogens is 458 g/mol. The van der Waals surface area contributed by atoms with Crippen molar-refractivity contribution in [2.75, 3.05) is 19.5 Å². The van der Waals surface area contributed by atoms with Gasteiger partial charge in [-0.05, 0) is 79.7 Å². The monoisotopic (exact) mass is 479 g/mol. The van der Waals surface area contributed by atoms with Gasteiger partial charge in [0.25, 0.3) is 0 Å². The second-order valence-corrected chi connectivity index (χ2v) is 8.39. The van der Waals surface area contributed by atoms with E-state index in [-0.39, 0.29) is 11.5 Å². The summed E-state index contributed by atoms with van der Waals surface area (Å²) in [6.45, 7) is 2.51. The molecule has 1 aromatic heterocycles. The SMILES string of the molecule is CCOc1ccc(C(=O)CSc2nnc(-c3ccc(OC)cc3)n2-c2ccc(Cl)cc2)cc1. The summed E-state index contributed by atoms with van der Waals surface area (Å²) in [5, 5.41) is 10.0. The van der Waals surface area contributed by atoms with Gasteiger partial charge in [-0.2, -0.15) is 0 Å². The molecule has 0 radical (unpaired) electrons. The van der Waals surface area contributed by atoms with Crippen LogP contribution >= 0.6 is 23.4 Å². The van der Waals surface area contributed by atoms with Crippen molar-refractivity contribution in [2.45, 2.75) is 12.1 Å². The van der Waals surface area contributed by atoms with Gasteiger partial charge in [0.05, 0.1) is 19.5 Å². The van der Waals surface area contributed by atoms with E-state index in [1.165, 1.54) is 11.8 Å². The molecule has 0 saturated carbocycles. The maximum absolute atomic E-state index is 12.8. The molecule has 0 spiro atoms. The van der Waals surface area contributed by atoms with Gasteiger partial charge >= 0.3 is 0 Å². The molecule has 0 aliphatic rings. The minimum Gasteiger partial charge on any atom is -0.497 e. The molecule has 0 atom stereocenters. The van der Waals surface area contributed by atoms with E-state index >= 15 is 0 Å². The number of carbonyl (C=O) groups excluding carboxylic acids is 1. The Hall–Kier alpha value is -3.29. The summed E-state index contributed by atoms with van der Waals surface area (Å²) in [6.07, 6.45) is 0. The minimum absolute atomic E-state index is 0.000276. The van der Waals surface area contributed by atoms with E-state index < -0.39 is 0 Å². The van der Waals surface area contributed by atoms with Gasteiger partial charge < -0.3 is 9.47 Å². The van der Waals surface area contributed by atoms with E-state index in [1.54, 1.807) is 31.4 Å². The summed E-state index contributed by atoms with van der Waals surface area (Å²) in [5.74, 6) is 2.39. The Labute approximate surface area is 201 Å². The Balaban J connectivity index is 1.61. The molecule has 0 bridgehead atoms. The lowest BCUT2D eigenvalue weighted by Crippen LogP contribution is -2.05. The number of thioether (sulfide) groups is 1. The average molecular weight is 480 g/mol. The van der Waals surface area contributed by atoms with Gasteiger partial charge in [-0.3, -0.25) is 9.36 Å². The average Bonchev–Trinajstić information content (AvgIpc) is 3.27. The molecule has 8 heteroatoms. The molecule has 0 N–H and O–H groups in total. The van der Waals surface area contributed by atoms with Crippen molar-refractivity contribution in [1.82, 2.24) is 14.8 Å². The standard InChI is InChI=1S/C25H22ClN3O3S/c1-3-32-22-14-4-17(5-15-22)23(30)16-33-25-28-27-24(18-6-12-21(31-2)13-7-18)29(25)20-10-8-19(26)9-11-20/h4-15H,3,16H2,1-2H3. The fourth-order valence-electron chi connectivity index (χ4n) is 3.23. The number of ether oxygens (including phenoxy) is 2. The van der Waals surface area contributed by atoms with Crippen LogP contribution in [0.25, 0.3) is 17.1 Å². The highest BCUT2D eigenvalue weighted by molar-refractivity contribution is 7.99. The van der Waals surface area contributed by atoms with Crippen LogP contribution in [0.2, 0.25) is 5.02 Å². The van der Waals surface area contributed by atoms with E-state index in [9.17, 15) is 4.79 Å². The van der Waals surface area contributed by atoms with E-state index in [0.717, 1.165) is 22.7 Å². The number of carbonyl (C=O) groups is 1. The summed E-state index contributed by atoms with van der Waals surface area (Å²) in [6, 6.07) is 22.2. The Morgan fingerprint density at radius 2 is 1.61 bits per heavy atom. The fourth-order valence-corrected chi connectivity index (χ4v) is 4.20. The number of rotatable bonds is 9. The number of hydrogen-bond donors (Lipinski definition) is 0. The van der Waals surface area contributed by atoms with Gasteiger partial charge in [-0.15, -0.1) is 10.2 Å². The van der Waals surface area contributed by atoms with Crippen LogP contribution in [0, 0.1) is 0 Å². The lowest BCUT2D eigenvalue weighted by atomic mass is 10.1. The quantitative estimate of drug-likeness (QED) is 0.217. The molecule has 4 rings (SSSR count). The summed E-state index contributed by atoms with van der Waals surface area (Å²) < 4.78 is 12.6. The summed E-state index contributed by atoms with van der Waals surface area (Å²) in [4.78, 5) is 12.8. The summed E-state index contributed by atoms with van der Waals surface area (Å²) in [7, 11) is 1.63. The van der Waals surface area contributed by atoms with Crippen LogP contribution in [0.1, 0.15) is 17.3 Å². The molecule has 0 saturated heterocycles. The molecule has 33 heavy (non-hydrogen) atoms. The zero-order valence-electron chi connectivity index (χ0n) is 18.2. The number of nitrogens with zero attached hydrogens (tertiary/aromatic N) is 3. The van der Waals surface area contributed by atoms with E-state index in [4.69, 9.17) is 21.1 Å². The molecule has 4 aromatic rings. The van der Waals surface area contributed by atoms with E-state index in [0.29, 0.717) is 28.2 Å². The maximum atomic E-state index is 12.8. The van der Waals surface area contributed by atoms with Crippen LogP contribution < -0.4 is 9.47 Å². The zero-order valence-corrected chi connectivity index (χ0v) is 19.8. The van der Waals surface area contributed by atoms with Crippen LogP contribution in [0.5, 0.6) is 11.5 Å². The first kappa shape index (κ1) is 22.9. The smallest absolute Gasteiger partial charge is 0.196 e. The predicted molar refractivity (Wildman–Crippen MR) is 131 cm³/mol. The second kappa shape index (κ2) is 10.6. The first-order valence-electron chi connectivity index (χ1n) is 10.3. The van der Waals surface area contributed by atoms with Gasteiger partial charge in [-0.25, -0.2) is 0 Å². The molecule has 0 fully saturated rings. The molecule has 0 amide bonds. The van der Waals surface area contributed by atoms with Gasteiger partial charge in [0.2, 0.25) is 0 Å². The third-order valence-electron chi connectivity index (χ3n) is 4.89. The van der Waals surface area contributed by atoms with Crippen molar-refractivity contribution in [3.8, 4) is 28.6 Å². The van der Waals surface area contributed by atoms with Crippen LogP contribution in [0.15, 0.2) is 78.0 Å². The molecular formula is C25H22ClN3O3S. The number of hydrogen-bond acceptors (Lipinski definition) is 6. The van der Waals surface area contributed by atoms with Crippen molar-refractivity contribution in [1.29, 1.82) is 0 Å². The highest BCUT2D eigenvalue weighted by atomic mass is 35.5. The lowest BCUT2D eigenvalue weighted by Gasteiger charge is -2.11. The molecule has 0 aliphatic carbocycles. The number of benzene rings is 3. The third kappa shape index (κ3) is 5.38. The number of halogens is 1. The normalized spacial score (nSPS) is 10.8. The fraction of sp³-hybridized carbons (Fsp3) is 0.160. The lowest BCUT2D eigenvalue weighted by molar-refractivity contribution is 0.102.